The Balaban J connectivity index is 1.93. The normalized spacial score (nSPS) is 10.2. The summed E-state index contributed by atoms with van der Waals surface area (Å²) < 4.78 is 6.55. The summed E-state index contributed by atoms with van der Waals surface area (Å²) in [7, 11) is 0. The van der Waals surface area contributed by atoms with Crippen molar-refractivity contribution in [3.8, 4) is 0 Å². The maximum absolute atomic E-state index is 11.6. The number of aromatic nitrogens is 1. The molecule has 0 radical (unpaired) electrons. The molecule has 0 aliphatic carbocycles. The highest BCUT2D eigenvalue weighted by Gasteiger charge is 2.06. The summed E-state index contributed by atoms with van der Waals surface area (Å²) in [5.74, 6) is 0. The van der Waals surface area contributed by atoms with Gasteiger partial charge >= 0.3 is 6.09 Å². The van der Waals surface area contributed by atoms with Crippen LogP contribution in [-0.4, -0.2) is 10.7 Å². The largest absolute Gasteiger partial charge is 0.444 e. The average Bonchev–Trinajstić information content (AvgIpc) is 2.86. The van der Waals surface area contributed by atoms with Gasteiger partial charge in [0, 0.05) is 18.9 Å². The highest BCUT2D eigenvalue weighted by Crippen LogP contribution is 2.04. The van der Waals surface area contributed by atoms with Gasteiger partial charge in [0.2, 0.25) is 0 Å². The van der Waals surface area contributed by atoms with Crippen LogP contribution >= 0.6 is 0 Å². The minimum atomic E-state index is -0.395. The topological polar surface area (TPSA) is 57.2 Å². The van der Waals surface area contributed by atoms with Crippen molar-refractivity contribution in [1.29, 1.82) is 0 Å². The van der Waals surface area contributed by atoms with Gasteiger partial charge in [-0.1, -0.05) is 30.3 Å². The van der Waals surface area contributed by atoms with Gasteiger partial charge in [0.25, 0.3) is 0 Å². The van der Waals surface area contributed by atoms with E-state index in [0.29, 0.717) is 6.54 Å². The second kappa shape index (κ2) is 5.32. The molecule has 2 N–H and O–H groups in total. The summed E-state index contributed by atoms with van der Waals surface area (Å²) in [5, 5.41) is 0. The molecule has 0 fully saturated rings. The molecule has 17 heavy (non-hydrogen) atoms. The van der Waals surface area contributed by atoms with Crippen molar-refractivity contribution in [2.24, 2.45) is 5.73 Å². The summed E-state index contributed by atoms with van der Waals surface area (Å²) in [5.41, 5.74) is 7.33. The number of ether oxygens (including phenoxy) is 1. The summed E-state index contributed by atoms with van der Waals surface area (Å²) >= 11 is 0. The second-order valence-electron chi connectivity index (χ2n) is 3.67. The van der Waals surface area contributed by atoms with E-state index in [4.69, 9.17) is 10.5 Å². The maximum atomic E-state index is 11.6. The zero-order valence-electron chi connectivity index (χ0n) is 9.37. The molecule has 0 bridgehead atoms. The molecule has 88 valence electrons. The molecule has 2 rings (SSSR count). The van der Waals surface area contributed by atoms with Crippen LogP contribution in [0.1, 0.15) is 11.1 Å². The lowest BCUT2D eigenvalue weighted by Gasteiger charge is -2.04. The summed E-state index contributed by atoms with van der Waals surface area (Å²) in [6, 6.07) is 11.4. The van der Waals surface area contributed by atoms with Gasteiger partial charge in [0.15, 0.2) is 0 Å². The third-order valence-electron chi connectivity index (χ3n) is 2.41. The molecule has 0 atom stereocenters. The van der Waals surface area contributed by atoms with E-state index in [1.165, 1.54) is 4.57 Å². The van der Waals surface area contributed by atoms with E-state index >= 15 is 0 Å². The van der Waals surface area contributed by atoms with E-state index in [0.717, 1.165) is 11.1 Å². The molecular formula is C13H14N2O2. The molecule has 4 heteroatoms. The monoisotopic (exact) mass is 230 g/mol. The number of rotatable bonds is 3. The minimum Gasteiger partial charge on any atom is -0.444 e. The first-order valence-corrected chi connectivity index (χ1v) is 5.37. The first-order valence-electron chi connectivity index (χ1n) is 5.37. The third-order valence-corrected chi connectivity index (χ3v) is 2.41. The van der Waals surface area contributed by atoms with E-state index in [-0.39, 0.29) is 6.61 Å². The molecule has 0 unspecified atom stereocenters. The van der Waals surface area contributed by atoms with Crippen molar-refractivity contribution in [2.75, 3.05) is 0 Å². The lowest BCUT2D eigenvalue weighted by Crippen LogP contribution is -2.11. The number of hydrogen-bond donors (Lipinski definition) is 1. The molecule has 0 spiro atoms. The lowest BCUT2D eigenvalue weighted by atomic mass is 10.2. The Kier molecular flexibility index (Phi) is 3.57. The van der Waals surface area contributed by atoms with E-state index in [9.17, 15) is 4.79 Å². The van der Waals surface area contributed by atoms with Crippen LogP contribution in [0.15, 0.2) is 48.8 Å². The maximum Gasteiger partial charge on any atom is 0.418 e. The Bertz CT molecular complexity index is 491. The van der Waals surface area contributed by atoms with E-state index in [1.807, 2.05) is 30.3 Å². The molecule has 0 saturated carbocycles. The predicted octanol–water partition coefficient (Wildman–Crippen LogP) is 2.13. The smallest absolute Gasteiger partial charge is 0.418 e. The van der Waals surface area contributed by atoms with Crippen LogP contribution in [-0.2, 0) is 17.9 Å². The first-order chi connectivity index (χ1) is 8.29. The van der Waals surface area contributed by atoms with Crippen LogP contribution in [0.3, 0.4) is 0 Å². The molecular weight excluding hydrogens is 216 g/mol. The van der Waals surface area contributed by atoms with Gasteiger partial charge in [-0.25, -0.2) is 4.79 Å². The van der Waals surface area contributed by atoms with Crippen LogP contribution in [0.25, 0.3) is 0 Å². The lowest BCUT2D eigenvalue weighted by molar-refractivity contribution is 0.141. The van der Waals surface area contributed by atoms with E-state index < -0.39 is 6.09 Å². The van der Waals surface area contributed by atoms with E-state index in [1.54, 1.807) is 18.5 Å². The van der Waals surface area contributed by atoms with Gasteiger partial charge in [-0.15, -0.1) is 0 Å². The number of nitrogens with zero attached hydrogens (tertiary/aromatic N) is 1. The molecule has 2 aromatic rings. The highest BCUT2D eigenvalue weighted by molar-refractivity contribution is 5.70. The van der Waals surface area contributed by atoms with Crippen LogP contribution < -0.4 is 5.73 Å². The number of carbonyl (C=O) groups is 1. The molecule has 1 aromatic heterocycles. The van der Waals surface area contributed by atoms with Crippen molar-refractivity contribution in [3.63, 3.8) is 0 Å². The fourth-order valence-corrected chi connectivity index (χ4v) is 1.47. The minimum absolute atomic E-state index is 0.274. The van der Waals surface area contributed by atoms with Gasteiger partial charge in [-0.2, -0.15) is 0 Å². The number of carbonyl (C=O) groups excluding carboxylic acids is 1. The summed E-state index contributed by atoms with van der Waals surface area (Å²) in [6.07, 6.45) is 2.93. The van der Waals surface area contributed by atoms with Crippen LogP contribution in [0.5, 0.6) is 0 Å². The van der Waals surface area contributed by atoms with Gasteiger partial charge in [0.05, 0.1) is 0 Å². The number of hydrogen-bond acceptors (Lipinski definition) is 3. The Hall–Kier alpha value is -2.07. The third kappa shape index (κ3) is 2.95. The molecule has 0 aliphatic heterocycles. The van der Waals surface area contributed by atoms with Crippen LogP contribution in [0.4, 0.5) is 4.79 Å². The molecule has 1 heterocycles. The van der Waals surface area contributed by atoms with Crippen LogP contribution in [0.2, 0.25) is 0 Å². The number of benzene rings is 1. The predicted molar refractivity (Wildman–Crippen MR) is 64.3 cm³/mol. The standard InChI is InChI=1S/C13H14N2O2/c14-8-12-6-7-15(9-12)13(16)17-10-11-4-2-1-3-5-11/h1-7,9H,8,10,14H2. The Morgan fingerprint density at radius 2 is 1.94 bits per heavy atom. The summed E-state index contributed by atoms with van der Waals surface area (Å²) in [6.45, 7) is 0.689. The number of nitrogens with two attached hydrogens (primary N) is 1. The van der Waals surface area contributed by atoms with Crippen molar-refractivity contribution in [2.45, 2.75) is 13.2 Å². The Labute approximate surface area is 99.6 Å². The molecule has 0 amide bonds. The van der Waals surface area contributed by atoms with Gasteiger partial charge in [-0.05, 0) is 17.2 Å². The SMILES string of the molecule is NCc1ccn(C(=O)OCc2ccccc2)c1. The highest BCUT2D eigenvalue weighted by atomic mass is 16.5. The van der Waals surface area contributed by atoms with Gasteiger partial charge in [-0.3, -0.25) is 4.57 Å². The quantitative estimate of drug-likeness (QED) is 0.878. The van der Waals surface area contributed by atoms with Crippen molar-refractivity contribution in [1.82, 2.24) is 4.57 Å². The van der Waals surface area contributed by atoms with Gasteiger partial charge in [0.1, 0.15) is 6.61 Å². The Morgan fingerprint density at radius 3 is 2.59 bits per heavy atom. The molecule has 4 nitrogen and oxygen atoms in total. The van der Waals surface area contributed by atoms with Gasteiger partial charge < -0.3 is 10.5 Å². The zero-order chi connectivity index (χ0) is 12.1. The second-order valence-corrected chi connectivity index (χ2v) is 3.67. The van der Waals surface area contributed by atoms with Crippen LogP contribution in [0, 0.1) is 0 Å². The fraction of sp³-hybridized carbons (Fsp3) is 0.154. The molecule has 0 aliphatic rings. The summed E-state index contributed by atoms with van der Waals surface area (Å²) in [4.78, 5) is 11.6. The van der Waals surface area contributed by atoms with Crippen molar-refractivity contribution < 1.29 is 9.53 Å². The fourth-order valence-electron chi connectivity index (χ4n) is 1.47. The first kappa shape index (κ1) is 11.4. The molecule has 1 aromatic carbocycles. The average molecular weight is 230 g/mol. The Morgan fingerprint density at radius 1 is 1.18 bits per heavy atom. The molecule has 0 saturated heterocycles. The van der Waals surface area contributed by atoms with Crippen molar-refractivity contribution in [3.05, 3.63) is 59.9 Å². The van der Waals surface area contributed by atoms with Crippen molar-refractivity contribution >= 4 is 6.09 Å². The zero-order valence-corrected chi connectivity index (χ0v) is 9.37. The van der Waals surface area contributed by atoms with E-state index in [2.05, 4.69) is 0 Å².